The first-order chi connectivity index (χ1) is 9.67. The molecule has 1 saturated heterocycles. The third-order valence-corrected chi connectivity index (χ3v) is 5.75. The lowest BCUT2D eigenvalue weighted by Gasteiger charge is -2.43. The van der Waals surface area contributed by atoms with Gasteiger partial charge in [0.1, 0.15) is 5.82 Å². The van der Waals surface area contributed by atoms with Crippen LogP contribution in [-0.2, 0) is 4.74 Å². The molecule has 0 amide bonds. The lowest BCUT2D eigenvalue weighted by molar-refractivity contribution is -0.0970. The summed E-state index contributed by atoms with van der Waals surface area (Å²) in [6.07, 6.45) is 8.45. The summed E-state index contributed by atoms with van der Waals surface area (Å²) in [5, 5.41) is 0.532. The van der Waals surface area contributed by atoms with Crippen molar-refractivity contribution in [2.75, 3.05) is 12.3 Å². The van der Waals surface area contributed by atoms with Gasteiger partial charge in [0, 0.05) is 16.8 Å². The van der Waals surface area contributed by atoms with Crippen LogP contribution in [0.1, 0.15) is 44.9 Å². The Labute approximate surface area is 124 Å². The standard InChI is InChI=1S/C16H22FNOS/c17-14-10-12(4-5-15(14)18)20-13-6-9-19-16(11-13)7-2-1-3-8-16/h4-5,10,13H,1-3,6-9,11,18H2. The first-order valence-electron chi connectivity index (χ1n) is 7.53. The number of hydrogen-bond donors (Lipinski definition) is 1. The van der Waals surface area contributed by atoms with Crippen molar-refractivity contribution in [3.63, 3.8) is 0 Å². The van der Waals surface area contributed by atoms with Gasteiger partial charge in [-0.1, -0.05) is 19.3 Å². The average molecular weight is 295 g/mol. The van der Waals surface area contributed by atoms with Crippen LogP contribution in [0.25, 0.3) is 0 Å². The molecule has 1 aromatic rings. The number of hydrogen-bond acceptors (Lipinski definition) is 3. The molecule has 1 spiro atoms. The van der Waals surface area contributed by atoms with Gasteiger partial charge < -0.3 is 10.5 Å². The minimum atomic E-state index is -0.311. The second-order valence-electron chi connectivity index (χ2n) is 6.01. The van der Waals surface area contributed by atoms with E-state index >= 15 is 0 Å². The van der Waals surface area contributed by atoms with Gasteiger partial charge in [0.25, 0.3) is 0 Å². The second-order valence-corrected chi connectivity index (χ2v) is 7.38. The van der Waals surface area contributed by atoms with Crippen LogP contribution in [0.4, 0.5) is 10.1 Å². The first-order valence-corrected chi connectivity index (χ1v) is 8.41. The van der Waals surface area contributed by atoms with Crippen LogP contribution in [-0.4, -0.2) is 17.5 Å². The minimum Gasteiger partial charge on any atom is -0.396 e. The third kappa shape index (κ3) is 3.12. The van der Waals surface area contributed by atoms with E-state index in [0.717, 1.165) is 24.3 Å². The van der Waals surface area contributed by atoms with Crippen molar-refractivity contribution >= 4 is 17.4 Å². The molecule has 0 aromatic heterocycles. The van der Waals surface area contributed by atoms with Gasteiger partial charge in [-0.2, -0.15) is 0 Å². The molecule has 3 rings (SSSR count). The Hall–Kier alpha value is -0.740. The van der Waals surface area contributed by atoms with Gasteiger partial charge in [0.15, 0.2) is 0 Å². The summed E-state index contributed by atoms with van der Waals surface area (Å²) >= 11 is 1.78. The summed E-state index contributed by atoms with van der Waals surface area (Å²) in [5.74, 6) is -0.311. The Bertz CT molecular complexity index is 468. The molecule has 20 heavy (non-hydrogen) atoms. The van der Waals surface area contributed by atoms with E-state index in [1.807, 2.05) is 6.07 Å². The zero-order valence-electron chi connectivity index (χ0n) is 11.7. The highest BCUT2D eigenvalue weighted by Gasteiger charge is 2.38. The SMILES string of the molecule is Nc1ccc(SC2CCOC3(CCCCC3)C2)cc1F. The van der Waals surface area contributed by atoms with Crippen LogP contribution in [0.15, 0.2) is 23.1 Å². The molecule has 0 bridgehead atoms. The van der Waals surface area contributed by atoms with Crippen molar-refractivity contribution in [3.8, 4) is 0 Å². The number of rotatable bonds is 2. The maximum Gasteiger partial charge on any atom is 0.147 e. The number of ether oxygens (including phenoxy) is 1. The van der Waals surface area contributed by atoms with Gasteiger partial charge in [-0.15, -0.1) is 11.8 Å². The van der Waals surface area contributed by atoms with Gasteiger partial charge in [-0.05, 0) is 43.9 Å². The number of thioether (sulfide) groups is 1. The van der Waals surface area contributed by atoms with E-state index in [1.54, 1.807) is 23.9 Å². The van der Waals surface area contributed by atoms with Gasteiger partial charge >= 0.3 is 0 Å². The van der Waals surface area contributed by atoms with E-state index in [1.165, 1.54) is 32.1 Å². The molecule has 2 aliphatic rings. The highest BCUT2D eigenvalue weighted by molar-refractivity contribution is 8.00. The van der Waals surface area contributed by atoms with E-state index in [0.29, 0.717) is 5.25 Å². The molecule has 2 N–H and O–H groups in total. The molecular weight excluding hydrogens is 273 g/mol. The summed E-state index contributed by atoms with van der Waals surface area (Å²) < 4.78 is 19.6. The molecule has 1 aliphatic carbocycles. The van der Waals surface area contributed by atoms with Crippen molar-refractivity contribution in [1.82, 2.24) is 0 Å². The van der Waals surface area contributed by atoms with Gasteiger partial charge in [-0.25, -0.2) is 4.39 Å². The van der Waals surface area contributed by atoms with Gasteiger partial charge in [0.2, 0.25) is 0 Å². The topological polar surface area (TPSA) is 35.2 Å². The molecule has 2 nitrogen and oxygen atoms in total. The van der Waals surface area contributed by atoms with E-state index in [4.69, 9.17) is 10.5 Å². The number of nitrogens with two attached hydrogens (primary N) is 1. The number of benzene rings is 1. The largest absolute Gasteiger partial charge is 0.396 e. The molecule has 1 unspecified atom stereocenters. The molecule has 4 heteroatoms. The summed E-state index contributed by atoms with van der Waals surface area (Å²) in [5.41, 5.74) is 5.87. The smallest absolute Gasteiger partial charge is 0.147 e. The lowest BCUT2D eigenvalue weighted by atomic mass is 9.80. The van der Waals surface area contributed by atoms with Crippen molar-refractivity contribution < 1.29 is 9.13 Å². The quantitative estimate of drug-likeness (QED) is 0.822. The highest BCUT2D eigenvalue weighted by atomic mass is 32.2. The third-order valence-electron chi connectivity index (χ3n) is 4.49. The highest BCUT2D eigenvalue weighted by Crippen LogP contribution is 2.43. The van der Waals surface area contributed by atoms with Crippen molar-refractivity contribution in [2.24, 2.45) is 0 Å². The molecule has 110 valence electrons. The fraction of sp³-hybridized carbons (Fsp3) is 0.625. The Morgan fingerprint density at radius 3 is 2.80 bits per heavy atom. The Balaban J connectivity index is 1.66. The van der Waals surface area contributed by atoms with Gasteiger partial charge in [-0.3, -0.25) is 0 Å². The Kier molecular flexibility index (Phi) is 4.22. The van der Waals surface area contributed by atoms with E-state index in [9.17, 15) is 4.39 Å². The fourth-order valence-electron chi connectivity index (χ4n) is 3.40. The maximum absolute atomic E-state index is 13.5. The Morgan fingerprint density at radius 2 is 2.05 bits per heavy atom. The lowest BCUT2D eigenvalue weighted by Crippen LogP contribution is -2.42. The summed E-state index contributed by atoms with van der Waals surface area (Å²) in [6, 6.07) is 5.14. The van der Waals surface area contributed by atoms with Crippen LogP contribution in [0.2, 0.25) is 0 Å². The predicted octanol–water partition coefficient (Wildman–Crippen LogP) is 4.38. The van der Waals surface area contributed by atoms with Gasteiger partial charge in [0.05, 0.1) is 11.3 Å². The zero-order valence-corrected chi connectivity index (χ0v) is 12.6. The summed E-state index contributed by atoms with van der Waals surface area (Å²) in [4.78, 5) is 0.981. The average Bonchev–Trinajstić information content (AvgIpc) is 2.44. The van der Waals surface area contributed by atoms with E-state index in [2.05, 4.69) is 0 Å². The predicted molar refractivity (Wildman–Crippen MR) is 81.5 cm³/mol. The van der Waals surface area contributed by atoms with Crippen LogP contribution in [0.5, 0.6) is 0 Å². The van der Waals surface area contributed by atoms with Crippen LogP contribution < -0.4 is 5.73 Å². The number of nitrogen functional groups attached to an aromatic ring is 1. The van der Waals surface area contributed by atoms with Crippen molar-refractivity contribution in [2.45, 2.75) is 60.7 Å². The zero-order chi connectivity index (χ0) is 14.0. The maximum atomic E-state index is 13.5. The summed E-state index contributed by atoms with van der Waals surface area (Å²) in [6.45, 7) is 0.842. The molecular formula is C16H22FNOS. The molecule has 1 atom stereocenters. The fourth-order valence-corrected chi connectivity index (χ4v) is 4.71. The Morgan fingerprint density at radius 1 is 1.25 bits per heavy atom. The normalized spacial score (nSPS) is 25.8. The summed E-state index contributed by atoms with van der Waals surface area (Å²) in [7, 11) is 0. The minimum absolute atomic E-state index is 0.112. The van der Waals surface area contributed by atoms with Crippen LogP contribution in [0.3, 0.4) is 0 Å². The van der Waals surface area contributed by atoms with E-state index in [-0.39, 0.29) is 17.1 Å². The molecule has 1 saturated carbocycles. The van der Waals surface area contributed by atoms with Crippen molar-refractivity contribution in [1.29, 1.82) is 0 Å². The monoisotopic (exact) mass is 295 g/mol. The molecule has 1 aromatic carbocycles. The number of anilines is 1. The first kappa shape index (κ1) is 14.2. The van der Waals surface area contributed by atoms with Crippen LogP contribution >= 0.6 is 11.8 Å². The second kappa shape index (κ2) is 5.94. The van der Waals surface area contributed by atoms with E-state index < -0.39 is 0 Å². The molecule has 1 heterocycles. The molecule has 1 aliphatic heterocycles. The molecule has 0 radical (unpaired) electrons. The molecule has 2 fully saturated rings. The van der Waals surface area contributed by atoms with Crippen LogP contribution in [0, 0.1) is 5.82 Å². The number of halogens is 1. The van der Waals surface area contributed by atoms with Crippen molar-refractivity contribution in [3.05, 3.63) is 24.0 Å².